The second kappa shape index (κ2) is 7.84. The summed E-state index contributed by atoms with van der Waals surface area (Å²) < 4.78 is 5.53. The maximum Gasteiger partial charge on any atom is 0.249 e. The van der Waals surface area contributed by atoms with Gasteiger partial charge in [-0.2, -0.15) is 0 Å². The summed E-state index contributed by atoms with van der Waals surface area (Å²) in [7, 11) is 2.15. The summed E-state index contributed by atoms with van der Waals surface area (Å²) in [5, 5.41) is 2.98. The third-order valence-corrected chi connectivity index (χ3v) is 4.81. The van der Waals surface area contributed by atoms with E-state index in [9.17, 15) is 4.79 Å². The van der Waals surface area contributed by atoms with Crippen LogP contribution in [0.2, 0.25) is 0 Å². The zero-order valence-corrected chi connectivity index (χ0v) is 13.8. The molecule has 1 atom stereocenters. The molecule has 1 aromatic rings. The van der Waals surface area contributed by atoms with E-state index in [1.165, 1.54) is 0 Å². The van der Waals surface area contributed by atoms with Gasteiger partial charge in [0, 0.05) is 24.9 Å². The molecule has 6 nitrogen and oxygen atoms in total. The van der Waals surface area contributed by atoms with Crippen molar-refractivity contribution in [3.05, 3.63) is 23.8 Å². The number of likely N-dealkylation sites (tertiary alicyclic amines) is 1. The van der Waals surface area contributed by atoms with Gasteiger partial charge < -0.3 is 15.0 Å². The van der Waals surface area contributed by atoms with Crippen LogP contribution in [0.3, 0.4) is 0 Å². The summed E-state index contributed by atoms with van der Waals surface area (Å²) in [6.07, 6.45) is 8.28. The van der Waals surface area contributed by atoms with Crippen molar-refractivity contribution in [3.8, 4) is 0 Å². The first-order valence-electron chi connectivity index (χ1n) is 8.61. The molecule has 3 rings (SSSR count). The number of nitrogens with one attached hydrogen (secondary N) is 1. The largest absolute Gasteiger partial charge is 0.368 e. The van der Waals surface area contributed by atoms with Gasteiger partial charge >= 0.3 is 0 Å². The van der Waals surface area contributed by atoms with Crippen molar-refractivity contribution in [2.24, 2.45) is 0 Å². The quantitative estimate of drug-likeness (QED) is 0.910. The molecule has 2 aliphatic rings. The van der Waals surface area contributed by atoms with Crippen molar-refractivity contribution in [1.82, 2.24) is 20.2 Å². The Kier molecular flexibility index (Phi) is 5.56. The fourth-order valence-electron chi connectivity index (χ4n) is 3.37. The van der Waals surface area contributed by atoms with Gasteiger partial charge in [-0.1, -0.05) is 0 Å². The van der Waals surface area contributed by atoms with Crippen LogP contribution in [0.1, 0.15) is 49.4 Å². The predicted molar refractivity (Wildman–Crippen MR) is 86.9 cm³/mol. The highest BCUT2D eigenvalue weighted by molar-refractivity contribution is 5.80. The number of aromatic nitrogens is 2. The molecular formula is C17H26N4O2. The van der Waals surface area contributed by atoms with Gasteiger partial charge in [-0.3, -0.25) is 14.8 Å². The molecule has 126 valence electrons. The summed E-state index contributed by atoms with van der Waals surface area (Å²) in [5.41, 5.74) is 1.94. The first kappa shape index (κ1) is 16.3. The van der Waals surface area contributed by atoms with Crippen LogP contribution in [0.4, 0.5) is 0 Å². The monoisotopic (exact) mass is 318 g/mol. The molecule has 0 aliphatic carbocycles. The molecule has 0 spiro atoms. The van der Waals surface area contributed by atoms with E-state index in [1.807, 2.05) is 0 Å². The van der Waals surface area contributed by atoms with E-state index in [2.05, 4.69) is 27.2 Å². The van der Waals surface area contributed by atoms with Crippen LogP contribution in [0, 0.1) is 0 Å². The maximum absolute atomic E-state index is 12.2. The highest BCUT2D eigenvalue weighted by atomic mass is 16.5. The number of hydrogen-bond donors (Lipinski definition) is 1. The topological polar surface area (TPSA) is 67.4 Å². The standard InChI is InChI=1S/C17H26N4O2/c1-21-9-5-13(6-10-21)16-14(18-7-8-19-16)12-20-17(22)15-4-2-3-11-23-15/h7-8,13,15H,2-6,9-12H2,1H3,(H,20,22). The summed E-state index contributed by atoms with van der Waals surface area (Å²) in [6, 6.07) is 0. The molecule has 0 saturated carbocycles. The Balaban J connectivity index is 1.60. The number of piperidine rings is 1. The minimum Gasteiger partial charge on any atom is -0.368 e. The van der Waals surface area contributed by atoms with Crippen LogP contribution in [0.5, 0.6) is 0 Å². The van der Waals surface area contributed by atoms with Crippen LogP contribution in [0.15, 0.2) is 12.4 Å². The van der Waals surface area contributed by atoms with Crippen LogP contribution >= 0.6 is 0 Å². The molecule has 6 heteroatoms. The Morgan fingerprint density at radius 1 is 1.26 bits per heavy atom. The molecule has 1 amide bonds. The van der Waals surface area contributed by atoms with Gasteiger partial charge in [-0.25, -0.2) is 0 Å². The molecule has 23 heavy (non-hydrogen) atoms. The summed E-state index contributed by atoms with van der Waals surface area (Å²) in [4.78, 5) is 23.6. The molecular weight excluding hydrogens is 292 g/mol. The number of hydrogen-bond acceptors (Lipinski definition) is 5. The highest BCUT2D eigenvalue weighted by Gasteiger charge is 2.24. The molecule has 3 heterocycles. The first-order chi connectivity index (χ1) is 11.2. The van der Waals surface area contributed by atoms with Gasteiger partial charge in [0.25, 0.3) is 0 Å². The smallest absolute Gasteiger partial charge is 0.249 e. The fourth-order valence-corrected chi connectivity index (χ4v) is 3.37. The lowest BCUT2D eigenvalue weighted by Gasteiger charge is -2.29. The molecule has 1 N–H and O–H groups in total. The molecule has 0 aromatic carbocycles. The average molecular weight is 318 g/mol. The van der Waals surface area contributed by atoms with Crippen molar-refractivity contribution < 1.29 is 9.53 Å². The Hall–Kier alpha value is -1.53. The van der Waals surface area contributed by atoms with Crippen molar-refractivity contribution in [1.29, 1.82) is 0 Å². The van der Waals surface area contributed by atoms with Crippen molar-refractivity contribution in [2.45, 2.75) is 50.7 Å². The van der Waals surface area contributed by atoms with E-state index in [0.717, 1.165) is 56.6 Å². The van der Waals surface area contributed by atoms with Gasteiger partial charge in [0.1, 0.15) is 6.10 Å². The van der Waals surface area contributed by atoms with Crippen LogP contribution < -0.4 is 5.32 Å². The van der Waals surface area contributed by atoms with Crippen molar-refractivity contribution in [3.63, 3.8) is 0 Å². The van der Waals surface area contributed by atoms with Crippen LogP contribution in [-0.4, -0.2) is 53.6 Å². The van der Waals surface area contributed by atoms with Gasteiger partial charge in [0.05, 0.1) is 17.9 Å². The van der Waals surface area contributed by atoms with E-state index in [0.29, 0.717) is 19.1 Å². The number of carbonyl (C=O) groups excluding carboxylic acids is 1. The first-order valence-corrected chi connectivity index (χ1v) is 8.61. The second-order valence-corrected chi connectivity index (χ2v) is 6.54. The molecule has 1 unspecified atom stereocenters. The van der Waals surface area contributed by atoms with E-state index < -0.39 is 0 Å². The van der Waals surface area contributed by atoms with Gasteiger partial charge in [-0.15, -0.1) is 0 Å². The van der Waals surface area contributed by atoms with Gasteiger partial charge in [0.2, 0.25) is 5.91 Å². The zero-order valence-electron chi connectivity index (χ0n) is 13.8. The van der Waals surface area contributed by atoms with Crippen molar-refractivity contribution >= 4 is 5.91 Å². The fraction of sp³-hybridized carbons (Fsp3) is 0.706. The molecule has 0 bridgehead atoms. The maximum atomic E-state index is 12.2. The molecule has 2 aliphatic heterocycles. The van der Waals surface area contributed by atoms with E-state index in [1.54, 1.807) is 12.4 Å². The third kappa shape index (κ3) is 4.26. The highest BCUT2D eigenvalue weighted by Crippen LogP contribution is 2.27. The zero-order chi connectivity index (χ0) is 16.1. The molecule has 2 saturated heterocycles. The number of ether oxygens (including phenoxy) is 1. The lowest BCUT2D eigenvalue weighted by molar-refractivity contribution is -0.135. The summed E-state index contributed by atoms with van der Waals surface area (Å²) >= 11 is 0. The van der Waals surface area contributed by atoms with Crippen LogP contribution in [0.25, 0.3) is 0 Å². The number of amides is 1. The van der Waals surface area contributed by atoms with E-state index in [-0.39, 0.29) is 12.0 Å². The Morgan fingerprint density at radius 3 is 2.78 bits per heavy atom. The number of rotatable bonds is 4. The molecule has 0 radical (unpaired) electrons. The van der Waals surface area contributed by atoms with Gasteiger partial charge in [-0.05, 0) is 52.2 Å². The van der Waals surface area contributed by atoms with E-state index >= 15 is 0 Å². The Bertz CT molecular complexity index is 523. The molecule has 1 aromatic heterocycles. The minimum atomic E-state index is -0.299. The summed E-state index contributed by atoms with van der Waals surface area (Å²) in [6.45, 7) is 3.30. The normalized spacial score (nSPS) is 23.6. The predicted octanol–water partition coefficient (Wildman–Crippen LogP) is 1.47. The average Bonchev–Trinajstić information content (AvgIpc) is 2.61. The number of nitrogens with zero attached hydrogens (tertiary/aromatic N) is 3. The van der Waals surface area contributed by atoms with E-state index in [4.69, 9.17) is 4.74 Å². The number of carbonyl (C=O) groups is 1. The Labute approximate surface area is 137 Å². The molecule has 2 fully saturated rings. The third-order valence-electron chi connectivity index (χ3n) is 4.81. The Morgan fingerprint density at radius 2 is 2.04 bits per heavy atom. The minimum absolute atomic E-state index is 0.0234. The SMILES string of the molecule is CN1CCC(c2nccnc2CNC(=O)C2CCCCO2)CC1. The lowest BCUT2D eigenvalue weighted by atomic mass is 9.92. The summed E-state index contributed by atoms with van der Waals surface area (Å²) in [5.74, 6) is 0.419. The van der Waals surface area contributed by atoms with Crippen molar-refractivity contribution in [2.75, 3.05) is 26.7 Å². The second-order valence-electron chi connectivity index (χ2n) is 6.54. The lowest BCUT2D eigenvalue weighted by Crippen LogP contribution is -2.38. The van der Waals surface area contributed by atoms with Crippen LogP contribution in [-0.2, 0) is 16.1 Å². The van der Waals surface area contributed by atoms with Gasteiger partial charge in [0.15, 0.2) is 0 Å².